The summed E-state index contributed by atoms with van der Waals surface area (Å²) in [6.45, 7) is 4.02. The summed E-state index contributed by atoms with van der Waals surface area (Å²) < 4.78 is 12.2. The Balaban J connectivity index is 1.72. The molecule has 7 nitrogen and oxygen atoms in total. The highest BCUT2D eigenvalue weighted by molar-refractivity contribution is 9.10. The number of carbonyl (C=O) groups excluding carboxylic acids is 1. The first-order chi connectivity index (χ1) is 15.1. The van der Waals surface area contributed by atoms with E-state index < -0.39 is 11.9 Å². The molecule has 1 aliphatic rings. The van der Waals surface area contributed by atoms with Gasteiger partial charge in [0, 0.05) is 4.47 Å². The third-order valence-corrected chi connectivity index (χ3v) is 6.13. The van der Waals surface area contributed by atoms with Crippen LogP contribution in [0.5, 0.6) is 5.75 Å². The summed E-state index contributed by atoms with van der Waals surface area (Å²) >= 11 is 4.61. The Morgan fingerprint density at radius 2 is 2.03 bits per heavy atom. The summed E-state index contributed by atoms with van der Waals surface area (Å²) in [5.74, 6) is 0.253. The second-order valence-electron chi connectivity index (χ2n) is 6.78. The SMILES string of the molecule is C=CCOc1ccc(C2c3c(oc4ccc(Br)cc4c3=O)C(=O)N2c2nncs2)cc1. The van der Waals surface area contributed by atoms with Gasteiger partial charge in [0.05, 0.1) is 17.0 Å². The second-order valence-corrected chi connectivity index (χ2v) is 8.51. The first-order valence-corrected chi connectivity index (χ1v) is 11.0. The van der Waals surface area contributed by atoms with Crippen LogP contribution in [0.3, 0.4) is 0 Å². The van der Waals surface area contributed by atoms with Crippen molar-refractivity contribution in [3.8, 4) is 5.75 Å². The Hall–Kier alpha value is -3.30. The zero-order valence-electron chi connectivity index (χ0n) is 15.9. The molecule has 4 aromatic rings. The summed E-state index contributed by atoms with van der Waals surface area (Å²) in [6, 6.07) is 11.7. The lowest BCUT2D eigenvalue weighted by molar-refractivity contribution is 0.0970. The van der Waals surface area contributed by atoms with Gasteiger partial charge in [-0.25, -0.2) is 0 Å². The molecular weight excluding hydrogens is 482 g/mol. The van der Waals surface area contributed by atoms with E-state index in [9.17, 15) is 9.59 Å². The second kappa shape index (κ2) is 7.75. The zero-order valence-corrected chi connectivity index (χ0v) is 18.4. The Morgan fingerprint density at radius 1 is 1.23 bits per heavy atom. The fourth-order valence-electron chi connectivity index (χ4n) is 3.63. The van der Waals surface area contributed by atoms with Gasteiger partial charge in [0.1, 0.15) is 23.4 Å². The van der Waals surface area contributed by atoms with Gasteiger partial charge in [-0.1, -0.05) is 52.1 Å². The number of hydrogen-bond donors (Lipinski definition) is 0. The van der Waals surface area contributed by atoms with Gasteiger partial charge in [-0.15, -0.1) is 10.2 Å². The quantitative estimate of drug-likeness (QED) is 0.372. The molecule has 0 radical (unpaired) electrons. The lowest BCUT2D eigenvalue weighted by Gasteiger charge is -2.22. The molecular formula is C22H14BrN3O4S. The van der Waals surface area contributed by atoms with Crippen molar-refractivity contribution < 1.29 is 13.9 Å². The highest BCUT2D eigenvalue weighted by Gasteiger charge is 2.44. The Kier molecular flexibility index (Phi) is 4.91. The van der Waals surface area contributed by atoms with Crippen LogP contribution >= 0.6 is 27.3 Å². The Bertz CT molecular complexity index is 1370. The van der Waals surface area contributed by atoms with E-state index in [1.165, 1.54) is 21.7 Å². The van der Waals surface area contributed by atoms with E-state index in [1.807, 2.05) is 12.1 Å². The Labute approximate surface area is 188 Å². The molecule has 1 atom stereocenters. The van der Waals surface area contributed by atoms with Gasteiger partial charge in [0.25, 0.3) is 5.91 Å². The molecule has 0 fully saturated rings. The maximum absolute atomic E-state index is 13.5. The van der Waals surface area contributed by atoms with Crippen molar-refractivity contribution in [1.82, 2.24) is 10.2 Å². The summed E-state index contributed by atoms with van der Waals surface area (Å²) in [6.07, 6.45) is 1.66. The van der Waals surface area contributed by atoms with E-state index in [4.69, 9.17) is 9.15 Å². The molecule has 2 aromatic heterocycles. The molecule has 0 spiro atoms. The molecule has 3 heterocycles. The molecule has 1 aliphatic heterocycles. The molecule has 2 aromatic carbocycles. The zero-order chi connectivity index (χ0) is 21.5. The molecule has 0 saturated heterocycles. The van der Waals surface area contributed by atoms with Crippen LogP contribution in [0, 0.1) is 0 Å². The van der Waals surface area contributed by atoms with Crippen molar-refractivity contribution in [2.24, 2.45) is 0 Å². The number of aromatic nitrogens is 2. The van der Waals surface area contributed by atoms with Crippen LogP contribution in [0.1, 0.15) is 27.7 Å². The monoisotopic (exact) mass is 495 g/mol. The fraction of sp³-hybridized carbons (Fsp3) is 0.0909. The molecule has 1 amide bonds. The lowest BCUT2D eigenvalue weighted by atomic mass is 9.98. The first-order valence-electron chi connectivity index (χ1n) is 9.28. The van der Waals surface area contributed by atoms with Crippen molar-refractivity contribution in [3.63, 3.8) is 0 Å². The van der Waals surface area contributed by atoms with Crippen LogP contribution in [0.4, 0.5) is 5.13 Å². The number of hydrogen-bond acceptors (Lipinski definition) is 7. The standard InChI is InChI=1S/C22H14BrN3O4S/c1-2-9-29-14-6-3-12(4-7-14)18-17-19(27)15-10-13(23)5-8-16(15)30-20(17)21(28)26(18)22-25-24-11-31-22/h2-8,10-11,18H,1,9H2. The van der Waals surface area contributed by atoms with E-state index in [-0.39, 0.29) is 16.8 Å². The van der Waals surface area contributed by atoms with Crippen molar-refractivity contribution in [2.75, 3.05) is 11.5 Å². The fourth-order valence-corrected chi connectivity index (χ4v) is 4.58. The summed E-state index contributed by atoms with van der Waals surface area (Å²) in [4.78, 5) is 28.3. The maximum Gasteiger partial charge on any atom is 0.297 e. The van der Waals surface area contributed by atoms with Gasteiger partial charge in [0.2, 0.25) is 10.9 Å². The third kappa shape index (κ3) is 3.26. The van der Waals surface area contributed by atoms with Gasteiger partial charge in [-0.05, 0) is 35.9 Å². The molecule has 154 valence electrons. The molecule has 0 aliphatic carbocycles. The predicted octanol–water partition coefficient (Wildman–Crippen LogP) is 4.72. The first kappa shape index (κ1) is 19.7. The van der Waals surface area contributed by atoms with Crippen LogP contribution in [-0.4, -0.2) is 22.7 Å². The van der Waals surface area contributed by atoms with Crippen LogP contribution in [-0.2, 0) is 0 Å². The van der Waals surface area contributed by atoms with Crippen LogP contribution < -0.4 is 15.1 Å². The topological polar surface area (TPSA) is 85.5 Å². The number of carbonyl (C=O) groups is 1. The molecule has 0 saturated carbocycles. The van der Waals surface area contributed by atoms with E-state index in [2.05, 4.69) is 32.7 Å². The van der Waals surface area contributed by atoms with Gasteiger partial charge >= 0.3 is 0 Å². The van der Waals surface area contributed by atoms with Crippen molar-refractivity contribution in [2.45, 2.75) is 6.04 Å². The van der Waals surface area contributed by atoms with E-state index in [0.717, 1.165) is 10.0 Å². The number of benzene rings is 2. The molecule has 1 unspecified atom stereocenters. The smallest absolute Gasteiger partial charge is 0.297 e. The highest BCUT2D eigenvalue weighted by Crippen LogP contribution is 2.42. The summed E-state index contributed by atoms with van der Waals surface area (Å²) in [7, 11) is 0. The molecule has 0 bridgehead atoms. The Morgan fingerprint density at radius 3 is 2.74 bits per heavy atom. The number of fused-ring (bicyclic) bond motifs is 2. The van der Waals surface area contributed by atoms with Gasteiger partial charge in [0.15, 0.2) is 5.43 Å². The van der Waals surface area contributed by atoms with Crippen LogP contribution in [0.25, 0.3) is 11.0 Å². The minimum absolute atomic E-state index is 0.0204. The van der Waals surface area contributed by atoms with Gasteiger partial charge in [-0.3, -0.25) is 14.5 Å². The number of nitrogens with zero attached hydrogens (tertiary/aromatic N) is 3. The summed E-state index contributed by atoms with van der Waals surface area (Å²) in [5.41, 5.74) is 2.65. The summed E-state index contributed by atoms with van der Waals surface area (Å²) in [5, 5.41) is 8.71. The molecule has 0 N–H and O–H groups in total. The van der Waals surface area contributed by atoms with E-state index in [0.29, 0.717) is 28.5 Å². The third-order valence-electron chi connectivity index (χ3n) is 4.95. The number of rotatable bonds is 5. The number of ether oxygens (including phenoxy) is 1. The van der Waals surface area contributed by atoms with Crippen LogP contribution in [0.2, 0.25) is 0 Å². The minimum atomic E-state index is -0.691. The predicted molar refractivity (Wildman–Crippen MR) is 121 cm³/mol. The highest BCUT2D eigenvalue weighted by atomic mass is 79.9. The van der Waals surface area contributed by atoms with Gasteiger partial charge < -0.3 is 9.15 Å². The average molecular weight is 496 g/mol. The number of halogens is 1. The van der Waals surface area contributed by atoms with E-state index >= 15 is 0 Å². The number of amides is 1. The van der Waals surface area contributed by atoms with Crippen LogP contribution in [0.15, 0.2) is 74.3 Å². The normalized spacial score (nSPS) is 15.3. The van der Waals surface area contributed by atoms with Crippen molar-refractivity contribution >= 4 is 49.3 Å². The molecule has 31 heavy (non-hydrogen) atoms. The van der Waals surface area contributed by atoms with Crippen molar-refractivity contribution in [3.05, 3.63) is 92.2 Å². The van der Waals surface area contributed by atoms with E-state index in [1.54, 1.807) is 36.4 Å². The molecule has 9 heteroatoms. The van der Waals surface area contributed by atoms with Gasteiger partial charge in [-0.2, -0.15) is 0 Å². The van der Waals surface area contributed by atoms with Crippen molar-refractivity contribution in [1.29, 1.82) is 0 Å². The molecule has 5 rings (SSSR count). The average Bonchev–Trinajstić information content (AvgIpc) is 3.40. The minimum Gasteiger partial charge on any atom is -0.490 e. The maximum atomic E-state index is 13.5. The number of anilines is 1. The largest absolute Gasteiger partial charge is 0.490 e. The lowest BCUT2D eigenvalue weighted by Crippen LogP contribution is -2.29.